The molecule has 0 bridgehead atoms. The van der Waals surface area contributed by atoms with Gasteiger partial charge in [-0.15, -0.1) is 0 Å². The van der Waals surface area contributed by atoms with E-state index < -0.39 is 0 Å². The standard InChI is InChI=1S/C10H14NO3/c1-3-13-10-7-5-6-9(8-12)11(10)14-4-2/h5-8H,3-4H2,1-2H3/q+1. The first-order chi connectivity index (χ1) is 6.83. The molecule has 0 aliphatic rings. The summed E-state index contributed by atoms with van der Waals surface area (Å²) in [5.41, 5.74) is 0.442. The second kappa shape index (κ2) is 5.21. The summed E-state index contributed by atoms with van der Waals surface area (Å²) in [7, 11) is 0. The summed E-state index contributed by atoms with van der Waals surface area (Å²) >= 11 is 0. The normalized spacial score (nSPS) is 9.57. The van der Waals surface area contributed by atoms with Crippen LogP contribution in [-0.2, 0) is 0 Å². The topological polar surface area (TPSA) is 39.4 Å². The van der Waals surface area contributed by atoms with Crippen molar-refractivity contribution in [3.8, 4) is 5.88 Å². The SMILES string of the molecule is CCOc1cccc(C=O)[n+]1OCC. The summed E-state index contributed by atoms with van der Waals surface area (Å²) < 4.78 is 6.71. The van der Waals surface area contributed by atoms with Gasteiger partial charge in [0, 0.05) is 6.07 Å². The molecule has 4 nitrogen and oxygen atoms in total. The van der Waals surface area contributed by atoms with Gasteiger partial charge in [0.25, 0.3) is 0 Å². The molecule has 0 atom stereocenters. The van der Waals surface area contributed by atoms with Crippen molar-refractivity contribution in [2.45, 2.75) is 13.8 Å². The molecule has 0 aromatic carbocycles. The highest BCUT2D eigenvalue weighted by molar-refractivity contribution is 5.69. The maximum absolute atomic E-state index is 10.7. The Morgan fingerprint density at radius 1 is 1.36 bits per heavy atom. The van der Waals surface area contributed by atoms with Gasteiger partial charge < -0.3 is 4.74 Å². The summed E-state index contributed by atoms with van der Waals surface area (Å²) in [6, 6.07) is 5.18. The minimum Gasteiger partial charge on any atom is -0.442 e. The molecule has 0 radical (unpaired) electrons. The van der Waals surface area contributed by atoms with Crippen molar-refractivity contribution in [2.75, 3.05) is 13.2 Å². The summed E-state index contributed by atoms with van der Waals surface area (Å²) in [5.74, 6) is 0.541. The minimum absolute atomic E-state index is 0.442. The van der Waals surface area contributed by atoms with Gasteiger partial charge in [-0.3, -0.25) is 9.63 Å². The van der Waals surface area contributed by atoms with Crippen LogP contribution in [0.4, 0.5) is 0 Å². The number of hydrogen-bond donors (Lipinski definition) is 0. The number of aromatic nitrogens is 1. The maximum Gasteiger partial charge on any atom is 0.417 e. The number of pyridine rings is 1. The molecular formula is C10H14NO3+. The van der Waals surface area contributed by atoms with E-state index in [9.17, 15) is 4.79 Å². The molecule has 0 amide bonds. The Hall–Kier alpha value is -1.58. The highest BCUT2D eigenvalue weighted by Gasteiger charge is 2.19. The number of ether oxygens (including phenoxy) is 1. The Morgan fingerprint density at radius 2 is 2.14 bits per heavy atom. The largest absolute Gasteiger partial charge is 0.442 e. The van der Waals surface area contributed by atoms with E-state index in [1.165, 1.54) is 4.73 Å². The van der Waals surface area contributed by atoms with Crippen LogP contribution in [0.5, 0.6) is 5.88 Å². The van der Waals surface area contributed by atoms with Gasteiger partial charge in [-0.2, -0.15) is 0 Å². The summed E-state index contributed by atoms with van der Waals surface area (Å²) in [5, 5.41) is 0. The van der Waals surface area contributed by atoms with E-state index in [4.69, 9.17) is 9.57 Å². The molecule has 0 aliphatic carbocycles. The van der Waals surface area contributed by atoms with Gasteiger partial charge in [-0.25, -0.2) is 0 Å². The minimum atomic E-state index is 0.442. The molecule has 0 N–H and O–H groups in total. The molecule has 1 rings (SSSR count). The molecule has 1 aromatic heterocycles. The van der Waals surface area contributed by atoms with Crippen LogP contribution < -0.4 is 14.3 Å². The molecule has 0 saturated carbocycles. The van der Waals surface area contributed by atoms with Crippen molar-refractivity contribution in [3.05, 3.63) is 23.9 Å². The van der Waals surface area contributed by atoms with Crippen LogP contribution in [0.25, 0.3) is 0 Å². The Bertz CT molecular complexity index is 312. The fourth-order valence-corrected chi connectivity index (χ4v) is 1.10. The van der Waals surface area contributed by atoms with Crippen molar-refractivity contribution in [3.63, 3.8) is 0 Å². The zero-order valence-corrected chi connectivity index (χ0v) is 8.40. The van der Waals surface area contributed by atoms with Crippen LogP contribution in [0.3, 0.4) is 0 Å². The molecule has 0 unspecified atom stereocenters. The molecule has 14 heavy (non-hydrogen) atoms. The lowest BCUT2D eigenvalue weighted by Crippen LogP contribution is -2.47. The van der Waals surface area contributed by atoms with E-state index in [1.54, 1.807) is 18.2 Å². The quantitative estimate of drug-likeness (QED) is 0.512. The smallest absolute Gasteiger partial charge is 0.417 e. The molecule has 0 fully saturated rings. The lowest BCUT2D eigenvalue weighted by atomic mass is 10.4. The number of nitrogens with zero attached hydrogens (tertiary/aromatic N) is 1. The molecule has 0 spiro atoms. The van der Waals surface area contributed by atoms with Gasteiger partial charge in [0.15, 0.2) is 6.61 Å². The number of carbonyl (C=O) groups is 1. The van der Waals surface area contributed by atoms with Crippen molar-refractivity contribution >= 4 is 6.29 Å². The van der Waals surface area contributed by atoms with E-state index >= 15 is 0 Å². The number of aldehydes is 1. The second-order valence-electron chi connectivity index (χ2n) is 2.55. The Morgan fingerprint density at radius 3 is 2.71 bits per heavy atom. The van der Waals surface area contributed by atoms with Crippen molar-refractivity contribution in [2.24, 2.45) is 0 Å². The Balaban J connectivity index is 3.06. The van der Waals surface area contributed by atoms with Gasteiger partial charge >= 0.3 is 11.6 Å². The fourth-order valence-electron chi connectivity index (χ4n) is 1.10. The summed E-state index contributed by atoms with van der Waals surface area (Å²) in [6.07, 6.45) is 0.734. The van der Waals surface area contributed by atoms with Gasteiger partial charge in [-0.1, -0.05) is 0 Å². The van der Waals surface area contributed by atoms with Gasteiger partial charge in [0.2, 0.25) is 6.29 Å². The van der Waals surface area contributed by atoms with E-state index in [1.807, 2.05) is 13.8 Å². The van der Waals surface area contributed by atoms with E-state index in [-0.39, 0.29) is 0 Å². The summed E-state index contributed by atoms with van der Waals surface area (Å²) in [4.78, 5) is 16.0. The first kappa shape index (κ1) is 10.5. The monoisotopic (exact) mass is 196 g/mol. The average Bonchev–Trinajstić information content (AvgIpc) is 2.21. The number of rotatable bonds is 5. The third-order valence-corrected chi connectivity index (χ3v) is 1.61. The molecule has 0 saturated heterocycles. The van der Waals surface area contributed by atoms with Crippen molar-refractivity contribution < 1.29 is 19.1 Å². The number of carbonyl (C=O) groups excluding carboxylic acids is 1. The molecule has 4 heteroatoms. The van der Waals surface area contributed by atoms with Gasteiger partial charge in [0.1, 0.15) is 0 Å². The Kier molecular flexibility index (Phi) is 3.91. The average molecular weight is 196 g/mol. The predicted molar refractivity (Wildman–Crippen MR) is 50.3 cm³/mol. The fraction of sp³-hybridized carbons (Fsp3) is 0.400. The van der Waals surface area contributed by atoms with E-state index in [0.29, 0.717) is 24.8 Å². The zero-order valence-electron chi connectivity index (χ0n) is 8.40. The predicted octanol–water partition coefficient (Wildman–Crippen LogP) is 0.634. The third kappa shape index (κ3) is 2.22. The van der Waals surface area contributed by atoms with E-state index in [0.717, 1.165) is 6.29 Å². The van der Waals surface area contributed by atoms with Crippen molar-refractivity contribution in [1.29, 1.82) is 0 Å². The highest BCUT2D eigenvalue weighted by Crippen LogP contribution is 2.03. The van der Waals surface area contributed by atoms with Crippen LogP contribution >= 0.6 is 0 Å². The van der Waals surface area contributed by atoms with E-state index in [2.05, 4.69) is 0 Å². The van der Waals surface area contributed by atoms with Gasteiger partial charge in [-0.05, 0) is 19.9 Å². The van der Waals surface area contributed by atoms with Crippen LogP contribution in [0.1, 0.15) is 24.3 Å². The third-order valence-electron chi connectivity index (χ3n) is 1.61. The highest BCUT2D eigenvalue weighted by atomic mass is 16.7. The maximum atomic E-state index is 10.7. The number of hydrogen-bond acceptors (Lipinski definition) is 3. The molecule has 1 heterocycles. The Labute approximate surface area is 83.0 Å². The van der Waals surface area contributed by atoms with Crippen molar-refractivity contribution in [1.82, 2.24) is 0 Å². The lowest BCUT2D eigenvalue weighted by Gasteiger charge is -2.02. The molecular weight excluding hydrogens is 182 g/mol. The first-order valence-corrected chi connectivity index (χ1v) is 4.59. The van der Waals surface area contributed by atoms with Crippen LogP contribution in [-0.4, -0.2) is 19.5 Å². The van der Waals surface area contributed by atoms with Crippen LogP contribution in [0, 0.1) is 0 Å². The molecule has 0 aliphatic heterocycles. The first-order valence-electron chi connectivity index (χ1n) is 4.59. The van der Waals surface area contributed by atoms with Crippen LogP contribution in [0.15, 0.2) is 18.2 Å². The summed E-state index contributed by atoms with van der Waals surface area (Å²) in [6.45, 7) is 4.75. The molecule has 1 aromatic rings. The zero-order chi connectivity index (χ0) is 10.4. The second-order valence-corrected chi connectivity index (χ2v) is 2.55. The van der Waals surface area contributed by atoms with Gasteiger partial charge in [0.05, 0.1) is 17.4 Å². The molecule has 76 valence electrons. The van der Waals surface area contributed by atoms with Crippen LogP contribution in [0.2, 0.25) is 0 Å². The lowest BCUT2D eigenvalue weighted by molar-refractivity contribution is -0.893.